The number of hydrogen-bond donors (Lipinski definition) is 1. The third kappa shape index (κ3) is 1.21. The van der Waals surface area contributed by atoms with Crippen LogP contribution in [0.1, 0.15) is 25.7 Å². The maximum atomic E-state index is 9.24. The van der Waals surface area contributed by atoms with Crippen LogP contribution in [0, 0.1) is 0 Å². The summed E-state index contributed by atoms with van der Waals surface area (Å²) in [5.41, 5.74) is 0. The van der Waals surface area contributed by atoms with Crippen molar-refractivity contribution in [2.45, 2.75) is 43.7 Å². The molecule has 0 amide bonds. The van der Waals surface area contributed by atoms with Gasteiger partial charge in [-0.3, -0.25) is 0 Å². The quantitative estimate of drug-likeness (QED) is 0.604. The molecule has 0 aromatic rings. The molecule has 1 N–H and O–H groups in total. The van der Waals surface area contributed by atoms with Crippen LogP contribution in [-0.4, -0.2) is 41.4 Å². The van der Waals surface area contributed by atoms with Crippen LogP contribution in [0.5, 0.6) is 0 Å². The second kappa shape index (κ2) is 2.67. The minimum Gasteiger partial charge on any atom is -0.342 e. The summed E-state index contributed by atoms with van der Waals surface area (Å²) in [5.74, 6) is -0.267. The predicted octanol–water partition coefficient (Wildman–Crippen LogP) is 0.745. The van der Waals surface area contributed by atoms with Crippen LogP contribution in [0.3, 0.4) is 0 Å². The average molecular weight is 185 g/mol. The van der Waals surface area contributed by atoms with E-state index >= 15 is 0 Å². The van der Waals surface area contributed by atoms with Crippen LogP contribution in [0.15, 0.2) is 0 Å². The van der Waals surface area contributed by atoms with E-state index in [1.807, 2.05) is 0 Å². The topological polar surface area (TPSA) is 41.9 Å². The first-order chi connectivity index (χ1) is 6.27. The second-order valence-electron chi connectivity index (χ2n) is 4.30. The summed E-state index contributed by atoms with van der Waals surface area (Å²) in [4.78, 5) is 0. The van der Waals surface area contributed by atoms with Crippen LogP contribution in [0.2, 0.25) is 0 Å². The van der Waals surface area contributed by atoms with Crippen molar-refractivity contribution in [3.05, 3.63) is 0 Å². The highest BCUT2D eigenvalue weighted by atomic mass is 16.8. The third-order valence-electron chi connectivity index (χ3n) is 3.29. The van der Waals surface area contributed by atoms with Gasteiger partial charge in [-0.1, -0.05) is 0 Å². The SMILES string of the molecule is ON1C[C@@H]2OC3(CCCC3)O[C@@H]2C1. The van der Waals surface area contributed by atoms with Gasteiger partial charge in [0, 0.05) is 12.8 Å². The van der Waals surface area contributed by atoms with Gasteiger partial charge >= 0.3 is 0 Å². The first kappa shape index (κ1) is 8.17. The van der Waals surface area contributed by atoms with Crippen molar-refractivity contribution in [1.29, 1.82) is 0 Å². The molecular formula is C9H15NO3. The third-order valence-corrected chi connectivity index (χ3v) is 3.29. The highest BCUT2D eigenvalue weighted by Crippen LogP contribution is 2.43. The van der Waals surface area contributed by atoms with Crippen LogP contribution in [-0.2, 0) is 9.47 Å². The molecule has 2 aliphatic heterocycles. The van der Waals surface area contributed by atoms with Crippen molar-refractivity contribution < 1.29 is 14.7 Å². The molecule has 0 radical (unpaired) electrons. The van der Waals surface area contributed by atoms with Gasteiger partial charge < -0.3 is 14.7 Å². The molecule has 74 valence electrons. The van der Waals surface area contributed by atoms with E-state index in [4.69, 9.17) is 9.47 Å². The van der Waals surface area contributed by atoms with E-state index in [0.29, 0.717) is 13.1 Å². The number of hydrogen-bond acceptors (Lipinski definition) is 4. The summed E-state index contributed by atoms with van der Waals surface area (Å²) in [6.45, 7) is 1.21. The fourth-order valence-electron chi connectivity index (χ4n) is 2.68. The Morgan fingerprint density at radius 2 is 1.62 bits per heavy atom. The van der Waals surface area contributed by atoms with Crippen molar-refractivity contribution in [3.8, 4) is 0 Å². The minimum atomic E-state index is -0.267. The molecule has 4 heteroatoms. The zero-order valence-corrected chi connectivity index (χ0v) is 7.61. The van der Waals surface area contributed by atoms with Gasteiger partial charge in [-0.2, -0.15) is 5.06 Å². The zero-order chi connectivity index (χ0) is 8.89. The molecule has 2 heterocycles. The van der Waals surface area contributed by atoms with Crippen LogP contribution < -0.4 is 0 Å². The van der Waals surface area contributed by atoms with Gasteiger partial charge in [-0.25, -0.2) is 0 Å². The van der Waals surface area contributed by atoms with Gasteiger partial charge in [0.2, 0.25) is 0 Å². The monoisotopic (exact) mass is 185 g/mol. The molecule has 2 atom stereocenters. The fraction of sp³-hybridized carbons (Fsp3) is 1.00. The van der Waals surface area contributed by atoms with Gasteiger partial charge in [0.1, 0.15) is 12.2 Å². The lowest BCUT2D eigenvalue weighted by Crippen LogP contribution is -2.31. The molecule has 0 aromatic heterocycles. The van der Waals surface area contributed by atoms with Crippen LogP contribution in [0.25, 0.3) is 0 Å². The number of nitrogens with zero attached hydrogens (tertiary/aromatic N) is 1. The largest absolute Gasteiger partial charge is 0.342 e. The Balaban J connectivity index is 1.73. The highest BCUT2D eigenvalue weighted by Gasteiger charge is 2.52. The minimum absolute atomic E-state index is 0.100. The van der Waals surface area contributed by atoms with Gasteiger partial charge in [0.15, 0.2) is 5.79 Å². The molecule has 0 unspecified atom stereocenters. The van der Waals surface area contributed by atoms with E-state index in [9.17, 15) is 5.21 Å². The molecule has 2 saturated heterocycles. The Bertz CT molecular complexity index is 199. The van der Waals surface area contributed by atoms with Gasteiger partial charge in [-0.05, 0) is 12.8 Å². The molecule has 1 aliphatic carbocycles. The average Bonchev–Trinajstić information content (AvgIpc) is 2.67. The van der Waals surface area contributed by atoms with Crippen LogP contribution in [0.4, 0.5) is 0 Å². The van der Waals surface area contributed by atoms with E-state index in [-0.39, 0.29) is 18.0 Å². The van der Waals surface area contributed by atoms with Crippen molar-refractivity contribution in [2.24, 2.45) is 0 Å². The Morgan fingerprint density at radius 3 is 2.15 bits per heavy atom. The second-order valence-corrected chi connectivity index (χ2v) is 4.30. The molecule has 4 nitrogen and oxygen atoms in total. The molecule has 13 heavy (non-hydrogen) atoms. The molecule has 3 aliphatic rings. The maximum absolute atomic E-state index is 9.24. The molecule has 1 spiro atoms. The molecule has 3 rings (SSSR count). The Morgan fingerprint density at radius 1 is 1.08 bits per heavy atom. The number of hydroxylamine groups is 2. The van der Waals surface area contributed by atoms with E-state index in [0.717, 1.165) is 12.8 Å². The van der Waals surface area contributed by atoms with E-state index in [1.165, 1.54) is 17.9 Å². The lowest BCUT2D eigenvalue weighted by atomic mass is 10.2. The highest BCUT2D eigenvalue weighted by molar-refractivity contribution is 4.94. The zero-order valence-electron chi connectivity index (χ0n) is 7.61. The van der Waals surface area contributed by atoms with Gasteiger partial charge in [0.25, 0.3) is 0 Å². The van der Waals surface area contributed by atoms with Crippen molar-refractivity contribution >= 4 is 0 Å². The summed E-state index contributed by atoms with van der Waals surface area (Å²) >= 11 is 0. The van der Waals surface area contributed by atoms with Gasteiger partial charge in [0.05, 0.1) is 13.1 Å². The summed E-state index contributed by atoms with van der Waals surface area (Å²) < 4.78 is 11.8. The number of ether oxygens (including phenoxy) is 2. The summed E-state index contributed by atoms with van der Waals surface area (Å²) in [6.07, 6.45) is 4.69. The molecule has 1 saturated carbocycles. The van der Waals surface area contributed by atoms with Crippen molar-refractivity contribution in [1.82, 2.24) is 5.06 Å². The summed E-state index contributed by atoms with van der Waals surface area (Å²) in [6, 6.07) is 0. The lowest BCUT2D eigenvalue weighted by Gasteiger charge is -2.24. The lowest BCUT2D eigenvalue weighted by molar-refractivity contribution is -0.197. The molecule has 0 bridgehead atoms. The fourth-order valence-corrected chi connectivity index (χ4v) is 2.68. The van der Waals surface area contributed by atoms with Crippen LogP contribution >= 0.6 is 0 Å². The first-order valence-corrected chi connectivity index (χ1v) is 5.07. The van der Waals surface area contributed by atoms with E-state index < -0.39 is 0 Å². The summed E-state index contributed by atoms with van der Waals surface area (Å²) in [7, 11) is 0. The predicted molar refractivity (Wildman–Crippen MR) is 44.3 cm³/mol. The van der Waals surface area contributed by atoms with Crippen molar-refractivity contribution in [3.63, 3.8) is 0 Å². The van der Waals surface area contributed by atoms with Crippen molar-refractivity contribution in [2.75, 3.05) is 13.1 Å². The first-order valence-electron chi connectivity index (χ1n) is 5.07. The number of rotatable bonds is 0. The Hall–Kier alpha value is -0.160. The molecule has 3 fully saturated rings. The normalized spacial score (nSPS) is 43.2. The molecule has 0 aromatic carbocycles. The summed E-state index contributed by atoms with van der Waals surface area (Å²) in [5, 5.41) is 10.5. The number of fused-ring (bicyclic) bond motifs is 1. The Kier molecular flexibility index (Phi) is 1.68. The van der Waals surface area contributed by atoms with E-state index in [1.54, 1.807) is 0 Å². The smallest absolute Gasteiger partial charge is 0.169 e. The molecular weight excluding hydrogens is 170 g/mol. The van der Waals surface area contributed by atoms with Gasteiger partial charge in [-0.15, -0.1) is 0 Å². The maximum Gasteiger partial charge on any atom is 0.169 e. The standard InChI is InChI=1S/C9H15NO3/c11-10-5-7-8(6-10)13-9(12-7)3-1-2-4-9/h7-8,11H,1-6H2/t7-,8+. The Labute approximate surface area is 77.4 Å². The van der Waals surface area contributed by atoms with E-state index in [2.05, 4.69) is 0 Å².